The van der Waals surface area contributed by atoms with Gasteiger partial charge in [0.15, 0.2) is 0 Å². The molecule has 7 nitrogen and oxygen atoms in total. The Kier molecular flexibility index (Phi) is 11.2. The van der Waals surface area contributed by atoms with Gasteiger partial charge in [-0.1, -0.05) is 86.0 Å². The Morgan fingerprint density at radius 1 is 0.925 bits per heavy atom. The van der Waals surface area contributed by atoms with Crippen LogP contribution in [0.25, 0.3) is 0 Å². The van der Waals surface area contributed by atoms with Crippen molar-refractivity contribution in [2.24, 2.45) is 0 Å². The lowest BCUT2D eigenvalue weighted by molar-refractivity contribution is -0.140. The minimum atomic E-state index is -4.11. The number of halogens is 1. The summed E-state index contributed by atoms with van der Waals surface area (Å²) in [5.74, 6) is -0.781. The van der Waals surface area contributed by atoms with Gasteiger partial charge in [0.1, 0.15) is 12.6 Å². The number of carbonyl (C=O) groups excluding carboxylic acids is 2. The van der Waals surface area contributed by atoms with Crippen molar-refractivity contribution in [1.82, 2.24) is 10.2 Å². The molecule has 0 aromatic heterocycles. The fraction of sp³-hybridized carbons (Fsp3) is 0.355. The van der Waals surface area contributed by atoms with E-state index in [1.807, 2.05) is 32.9 Å². The SMILES string of the molecule is CCCCNC(=O)[C@H](CC)N(Cc1ccccc1Cl)C(=O)CN(c1ccccc1C)S(=O)(=O)c1ccc(C)cc1. The summed E-state index contributed by atoms with van der Waals surface area (Å²) in [6.45, 7) is 7.62. The molecule has 2 amide bonds. The third kappa shape index (κ3) is 7.64. The van der Waals surface area contributed by atoms with Crippen LogP contribution >= 0.6 is 11.6 Å². The minimum Gasteiger partial charge on any atom is -0.354 e. The lowest BCUT2D eigenvalue weighted by Crippen LogP contribution is -2.52. The molecule has 0 heterocycles. The number of nitrogens with one attached hydrogen (secondary N) is 1. The Morgan fingerprint density at radius 3 is 2.20 bits per heavy atom. The first-order chi connectivity index (χ1) is 19.1. The minimum absolute atomic E-state index is 0.0599. The van der Waals surface area contributed by atoms with E-state index < -0.39 is 28.5 Å². The highest BCUT2D eigenvalue weighted by atomic mass is 35.5. The van der Waals surface area contributed by atoms with Crippen molar-refractivity contribution in [2.45, 2.75) is 64.4 Å². The molecular formula is C31H38ClN3O4S. The maximum absolute atomic E-state index is 14.1. The summed E-state index contributed by atoms with van der Waals surface area (Å²) in [7, 11) is -4.11. The van der Waals surface area contributed by atoms with E-state index in [-0.39, 0.29) is 17.3 Å². The first-order valence-corrected chi connectivity index (χ1v) is 15.4. The molecule has 0 unspecified atom stereocenters. The summed E-state index contributed by atoms with van der Waals surface area (Å²) in [6, 6.07) is 19.9. The maximum atomic E-state index is 14.1. The van der Waals surface area contributed by atoms with Crippen LogP contribution in [0.15, 0.2) is 77.7 Å². The summed E-state index contributed by atoms with van der Waals surface area (Å²) in [4.78, 5) is 28.9. The Hall–Kier alpha value is -3.36. The second-order valence-electron chi connectivity index (χ2n) is 9.79. The molecule has 1 N–H and O–H groups in total. The van der Waals surface area contributed by atoms with Gasteiger partial charge in [-0.15, -0.1) is 0 Å². The van der Waals surface area contributed by atoms with E-state index in [1.54, 1.807) is 55.5 Å². The fourth-order valence-corrected chi connectivity index (χ4v) is 6.10. The lowest BCUT2D eigenvalue weighted by Gasteiger charge is -2.33. The molecular weight excluding hydrogens is 546 g/mol. The van der Waals surface area contributed by atoms with Crippen LogP contribution in [0.2, 0.25) is 5.02 Å². The zero-order chi connectivity index (χ0) is 29.3. The third-order valence-electron chi connectivity index (χ3n) is 6.79. The van der Waals surface area contributed by atoms with Crippen molar-refractivity contribution >= 4 is 39.1 Å². The lowest BCUT2D eigenvalue weighted by atomic mass is 10.1. The smallest absolute Gasteiger partial charge is 0.264 e. The Morgan fingerprint density at radius 2 is 1.57 bits per heavy atom. The van der Waals surface area contributed by atoms with Gasteiger partial charge in [0, 0.05) is 18.1 Å². The molecule has 0 bridgehead atoms. The number of anilines is 1. The van der Waals surface area contributed by atoms with E-state index in [2.05, 4.69) is 5.32 Å². The number of hydrogen-bond acceptors (Lipinski definition) is 4. The number of unbranched alkanes of at least 4 members (excludes halogenated alkanes) is 1. The van der Waals surface area contributed by atoms with Gasteiger partial charge in [0.25, 0.3) is 10.0 Å². The van der Waals surface area contributed by atoms with Gasteiger partial charge in [-0.05, 0) is 62.1 Å². The predicted molar refractivity (Wildman–Crippen MR) is 161 cm³/mol. The van der Waals surface area contributed by atoms with Gasteiger partial charge < -0.3 is 10.2 Å². The second kappa shape index (κ2) is 14.3. The van der Waals surface area contributed by atoms with Crippen molar-refractivity contribution in [2.75, 3.05) is 17.4 Å². The van der Waals surface area contributed by atoms with E-state index in [9.17, 15) is 18.0 Å². The average Bonchev–Trinajstić information content (AvgIpc) is 2.93. The molecule has 0 fully saturated rings. The standard InChI is InChI=1S/C31H38ClN3O4S/c1-5-7-20-33-31(37)28(6-2)34(21-25-13-9-10-14-27(25)32)30(36)22-35(29-15-11-8-12-24(29)4)40(38,39)26-18-16-23(3)17-19-26/h8-19,28H,5-7,20-22H2,1-4H3,(H,33,37)/t28-/m0/s1. The number of para-hydroxylation sites is 1. The zero-order valence-electron chi connectivity index (χ0n) is 23.6. The van der Waals surface area contributed by atoms with Crippen molar-refractivity contribution in [3.63, 3.8) is 0 Å². The highest BCUT2D eigenvalue weighted by Crippen LogP contribution is 2.28. The average molecular weight is 584 g/mol. The van der Waals surface area contributed by atoms with Gasteiger partial charge in [0.05, 0.1) is 10.6 Å². The summed E-state index contributed by atoms with van der Waals surface area (Å²) >= 11 is 6.45. The van der Waals surface area contributed by atoms with Gasteiger partial charge in [-0.25, -0.2) is 8.42 Å². The van der Waals surface area contributed by atoms with E-state index in [4.69, 9.17) is 11.6 Å². The molecule has 1 atom stereocenters. The molecule has 9 heteroatoms. The number of nitrogens with zero attached hydrogens (tertiary/aromatic N) is 2. The van der Waals surface area contributed by atoms with Crippen LogP contribution in [0.1, 0.15) is 49.8 Å². The molecule has 0 aliphatic carbocycles. The van der Waals surface area contributed by atoms with Gasteiger partial charge in [0.2, 0.25) is 11.8 Å². The van der Waals surface area contributed by atoms with Crippen LogP contribution in [0.4, 0.5) is 5.69 Å². The Bertz CT molecular complexity index is 1410. The number of amides is 2. The van der Waals surface area contributed by atoms with Crippen molar-refractivity contribution in [3.8, 4) is 0 Å². The molecule has 0 aliphatic rings. The topological polar surface area (TPSA) is 86.8 Å². The third-order valence-corrected chi connectivity index (χ3v) is 8.93. The fourth-order valence-electron chi connectivity index (χ4n) is 4.43. The summed E-state index contributed by atoms with van der Waals surface area (Å²) < 4.78 is 29.1. The highest BCUT2D eigenvalue weighted by molar-refractivity contribution is 7.92. The number of hydrogen-bond donors (Lipinski definition) is 1. The van der Waals surface area contributed by atoms with Crippen LogP contribution in [0.5, 0.6) is 0 Å². The molecule has 0 radical (unpaired) electrons. The van der Waals surface area contributed by atoms with Gasteiger partial charge in [-0.3, -0.25) is 13.9 Å². The Balaban J connectivity index is 2.06. The molecule has 0 spiro atoms. The molecule has 3 rings (SSSR count). The zero-order valence-corrected chi connectivity index (χ0v) is 25.1. The predicted octanol–water partition coefficient (Wildman–Crippen LogP) is 5.88. The second-order valence-corrected chi connectivity index (χ2v) is 12.1. The molecule has 3 aromatic rings. The van der Waals surface area contributed by atoms with Crippen LogP contribution in [-0.4, -0.2) is 44.3 Å². The Labute approximate surface area is 243 Å². The number of benzene rings is 3. The van der Waals surface area contributed by atoms with Crippen molar-refractivity contribution < 1.29 is 18.0 Å². The molecule has 0 saturated heterocycles. The number of aryl methyl sites for hydroxylation is 2. The van der Waals surface area contributed by atoms with Crippen LogP contribution in [0, 0.1) is 13.8 Å². The largest absolute Gasteiger partial charge is 0.354 e. The molecule has 214 valence electrons. The monoisotopic (exact) mass is 583 g/mol. The molecule has 40 heavy (non-hydrogen) atoms. The van der Waals surface area contributed by atoms with Crippen LogP contribution < -0.4 is 9.62 Å². The first-order valence-electron chi connectivity index (χ1n) is 13.6. The van der Waals surface area contributed by atoms with Crippen LogP contribution in [0.3, 0.4) is 0 Å². The maximum Gasteiger partial charge on any atom is 0.264 e. The highest BCUT2D eigenvalue weighted by Gasteiger charge is 2.34. The normalized spacial score (nSPS) is 12.0. The number of rotatable bonds is 13. The summed E-state index contributed by atoms with van der Waals surface area (Å²) in [5.41, 5.74) is 2.69. The van der Waals surface area contributed by atoms with Gasteiger partial charge >= 0.3 is 0 Å². The molecule has 3 aromatic carbocycles. The van der Waals surface area contributed by atoms with E-state index in [1.165, 1.54) is 17.0 Å². The van der Waals surface area contributed by atoms with Crippen molar-refractivity contribution in [1.29, 1.82) is 0 Å². The molecule has 0 aliphatic heterocycles. The van der Waals surface area contributed by atoms with E-state index in [0.717, 1.165) is 22.7 Å². The summed E-state index contributed by atoms with van der Waals surface area (Å²) in [5, 5.41) is 3.39. The first kappa shape index (κ1) is 31.2. The number of carbonyl (C=O) groups is 2. The van der Waals surface area contributed by atoms with E-state index in [0.29, 0.717) is 34.8 Å². The van der Waals surface area contributed by atoms with Crippen LogP contribution in [-0.2, 0) is 26.2 Å². The quantitative estimate of drug-likeness (QED) is 0.255. The van der Waals surface area contributed by atoms with Crippen molar-refractivity contribution in [3.05, 3.63) is 94.5 Å². The molecule has 0 saturated carbocycles. The number of sulfonamides is 1. The van der Waals surface area contributed by atoms with E-state index >= 15 is 0 Å². The summed E-state index contributed by atoms with van der Waals surface area (Å²) in [6.07, 6.45) is 2.08. The van der Waals surface area contributed by atoms with Gasteiger partial charge in [-0.2, -0.15) is 0 Å².